The summed E-state index contributed by atoms with van der Waals surface area (Å²) in [6, 6.07) is 3.21. The van der Waals surface area contributed by atoms with Crippen LogP contribution >= 0.6 is 24.8 Å². The number of morpholine rings is 1. The summed E-state index contributed by atoms with van der Waals surface area (Å²) in [5.41, 5.74) is 5.74. The highest BCUT2D eigenvalue weighted by Gasteiger charge is 2.26. The summed E-state index contributed by atoms with van der Waals surface area (Å²) >= 11 is 0. The van der Waals surface area contributed by atoms with Crippen molar-refractivity contribution in [2.45, 2.75) is 19.0 Å². The van der Waals surface area contributed by atoms with Gasteiger partial charge in [0.05, 0.1) is 25.9 Å². The van der Waals surface area contributed by atoms with E-state index in [4.69, 9.17) is 19.6 Å². The first-order valence-electron chi connectivity index (χ1n) is 7.52. The second-order valence-corrected chi connectivity index (χ2v) is 5.42. The van der Waals surface area contributed by atoms with E-state index in [2.05, 4.69) is 10.2 Å². The standard InChI is InChI=1S/C15H25N3O4.2ClH/c1-11-3-4-14(22-11)13(18-5-7-21-8-6-18)9-17-15(19)12(16)10-20-2;;/h3-4,12-13H,5-10,16H2,1-2H3,(H,17,19);2*1H. The minimum Gasteiger partial charge on any atom is -0.465 e. The first kappa shape index (κ1) is 23.2. The molecule has 1 fully saturated rings. The van der Waals surface area contributed by atoms with Crippen molar-refractivity contribution >= 4 is 30.7 Å². The molecule has 24 heavy (non-hydrogen) atoms. The van der Waals surface area contributed by atoms with E-state index in [1.807, 2.05) is 19.1 Å². The quantitative estimate of drug-likeness (QED) is 0.726. The number of furan rings is 1. The Hall–Kier alpha value is -0.830. The average molecular weight is 384 g/mol. The first-order valence-corrected chi connectivity index (χ1v) is 7.52. The Labute approximate surface area is 155 Å². The van der Waals surface area contributed by atoms with Crippen LogP contribution in [0.2, 0.25) is 0 Å². The van der Waals surface area contributed by atoms with Gasteiger partial charge in [-0.05, 0) is 19.1 Å². The number of ether oxygens (including phenoxy) is 2. The molecule has 0 bridgehead atoms. The smallest absolute Gasteiger partial charge is 0.239 e. The van der Waals surface area contributed by atoms with Gasteiger partial charge < -0.3 is 24.9 Å². The lowest BCUT2D eigenvalue weighted by atomic mass is 10.1. The van der Waals surface area contributed by atoms with E-state index in [1.54, 1.807) is 0 Å². The largest absolute Gasteiger partial charge is 0.465 e. The highest BCUT2D eigenvalue weighted by atomic mass is 35.5. The molecular weight excluding hydrogens is 357 g/mol. The van der Waals surface area contributed by atoms with Gasteiger partial charge in [0.1, 0.15) is 17.6 Å². The van der Waals surface area contributed by atoms with Crippen molar-refractivity contribution in [3.63, 3.8) is 0 Å². The topological polar surface area (TPSA) is 90.0 Å². The molecule has 1 aromatic heterocycles. The Bertz CT molecular complexity index is 481. The normalized spacial score (nSPS) is 17.3. The zero-order valence-corrected chi connectivity index (χ0v) is 15.7. The van der Waals surface area contributed by atoms with Gasteiger partial charge in [0.15, 0.2) is 0 Å². The molecule has 0 aliphatic carbocycles. The molecule has 1 saturated heterocycles. The lowest BCUT2D eigenvalue weighted by Crippen LogP contribution is -2.48. The molecule has 2 atom stereocenters. The van der Waals surface area contributed by atoms with Gasteiger partial charge in [-0.25, -0.2) is 0 Å². The number of nitrogens with zero attached hydrogens (tertiary/aromatic N) is 1. The number of carbonyl (C=O) groups excluding carboxylic acids is 1. The molecule has 9 heteroatoms. The number of nitrogens with two attached hydrogens (primary N) is 1. The van der Waals surface area contributed by atoms with Crippen LogP contribution in [0.25, 0.3) is 0 Å². The van der Waals surface area contributed by atoms with Crippen molar-refractivity contribution in [3.8, 4) is 0 Å². The summed E-state index contributed by atoms with van der Waals surface area (Å²) in [6.45, 7) is 5.56. The van der Waals surface area contributed by atoms with Gasteiger partial charge in [-0.15, -0.1) is 24.8 Å². The van der Waals surface area contributed by atoms with Crippen molar-refractivity contribution in [2.75, 3.05) is 46.6 Å². The van der Waals surface area contributed by atoms with Gasteiger partial charge in [0.2, 0.25) is 5.91 Å². The Kier molecular flexibility index (Phi) is 11.3. The molecule has 2 unspecified atom stereocenters. The lowest BCUT2D eigenvalue weighted by Gasteiger charge is -2.33. The molecule has 140 valence electrons. The minimum atomic E-state index is -0.659. The third-order valence-electron chi connectivity index (χ3n) is 3.73. The maximum atomic E-state index is 12.0. The van der Waals surface area contributed by atoms with Crippen LogP contribution in [-0.4, -0.2) is 63.4 Å². The number of halogens is 2. The zero-order chi connectivity index (χ0) is 15.9. The molecule has 7 nitrogen and oxygen atoms in total. The number of methoxy groups -OCH3 is 1. The fourth-order valence-electron chi connectivity index (χ4n) is 2.51. The second kappa shape index (κ2) is 11.7. The number of aryl methyl sites for hydroxylation is 1. The molecule has 2 rings (SSSR count). The van der Waals surface area contributed by atoms with Crippen LogP contribution in [-0.2, 0) is 14.3 Å². The van der Waals surface area contributed by atoms with Gasteiger partial charge in [0, 0.05) is 26.7 Å². The monoisotopic (exact) mass is 383 g/mol. The van der Waals surface area contributed by atoms with Crippen molar-refractivity contribution in [3.05, 3.63) is 23.7 Å². The van der Waals surface area contributed by atoms with Crippen LogP contribution in [0.4, 0.5) is 0 Å². The fraction of sp³-hybridized carbons (Fsp3) is 0.667. The Morgan fingerprint density at radius 2 is 2.04 bits per heavy atom. The van der Waals surface area contributed by atoms with Gasteiger partial charge in [-0.1, -0.05) is 0 Å². The van der Waals surface area contributed by atoms with Gasteiger partial charge >= 0.3 is 0 Å². The van der Waals surface area contributed by atoms with Crippen molar-refractivity contribution in [2.24, 2.45) is 5.73 Å². The molecule has 3 N–H and O–H groups in total. The van der Waals surface area contributed by atoms with E-state index in [0.29, 0.717) is 19.8 Å². The predicted molar refractivity (Wildman–Crippen MR) is 95.9 cm³/mol. The number of nitrogens with one attached hydrogen (secondary N) is 1. The van der Waals surface area contributed by atoms with E-state index in [1.165, 1.54) is 7.11 Å². The molecular formula is C15H27Cl2N3O4. The molecule has 1 aromatic rings. The minimum absolute atomic E-state index is 0. The van der Waals surface area contributed by atoms with Crippen molar-refractivity contribution in [1.29, 1.82) is 0 Å². The van der Waals surface area contributed by atoms with Gasteiger partial charge in [0.25, 0.3) is 0 Å². The summed E-state index contributed by atoms with van der Waals surface area (Å²) in [6.07, 6.45) is 0. The SMILES string of the molecule is COCC(N)C(=O)NCC(c1ccc(C)o1)N1CCOCC1.Cl.Cl. The lowest BCUT2D eigenvalue weighted by molar-refractivity contribution is -0.123. The summed E-state index contributed by atoms with van der Waals surface area (Å²) in [4.78, 5) is 14.2. The van der Waals surface area contributed by atoms with Gasteiger partial charge in [-0.2, -0.15) is 0 Å². The van der Waals surface area contributed by atoms with Crippen LogP contribution in [0.1, 0.15) is 17.6 Å². The van der Waals surface area contributed by atoms with E-state index in [-0.39, 0.29) is 43.4 Å². The Balaban J connectivity index is 0.00000264. The van der Waals surface area contributed by atoms with Crippen molar-refractivity contribution < 1.29 is 18.7 Å². The maximum absolute atomic E-state index is 12.0. The van der Waals surface area contributed by atoms with Gasteiger partial charge in [-0.3, -0.25) is 9.69 Å². The maximum Gasteiger partial charge on any atom is 0.239 e. The highest BCUT2D eigenvalue weighted by molar-refractivity contribution is 5.85. The van der Waals surface area contributed by atoms with Crippen LogP contribution < -0.4 is 11.1 Å². The number of hydrogen-bond acceptors (Lipinski definition) is 6. The van der Waals surface area contributed by atoms with E-state index in [0.717, 1.165) is 24.6 Å². The Morgan fingerprint density at radius 1 is 1.38 bits per heavy atom. The molecule has 1 aliphatic heterocycles. The third kappa shape index (κ3) is 6.58. The first-order chi connectivity index (χ1) is 10.6. The van der Waals surface area contributed by atoms with Crippen LogP contribution in [0.15, 0.2) is 16.5 Å². The van der Waals surface area contributed by atoms with Crippen molar-refractivity contribution in [1.82, 2.24) is 10.2 Å². The number of carbonyl (C=O) groups is 1. The molecule has 0 radical (unpaired) electrons. The molecule has 0 saturated carbocycles. The summed E-state index contributed by atoms with van der Waals surface area (Å²) in [5.74, 6) is 1.49. The zero-order valence-electron chi connectivity index (χ0n) is 14.0. The average Bonchev–Trinajstić information content (AvgIpc) is 2.95. The fourth-order valence-corrected chi connectivity index (χ4v) is 2.51. The van der Waals surface area contributed by atoms with Crippen LogP contribution in [0.3, 0.4) is 0 Å². The molecule has 0 aromatic carbocycles. The third-order valence-corrected chi connectivity index (χ3v) is 3.73. The number of rotatable bonds is 7. The number of hydrogen-bond donors (Lipinski definition) is 2. The molecule has 0 spiro atoms. The summed E-state index contributed by atoms with van der Waals surface area (Å²) in [5, 5.41) is 2.89. The molecule has 1 aliphatic rings. The van der Waals surface area contributed by atoms with E-state index < -0.39 is 6.04 Å². The van der Waals surface area contributed by atoms with Crippen LogP contribution in [0.5, 0.6) is 0 Å². The second-order valence-electron chi connectivity index (χ2n) is 5.42. The summed E-state index contributed by atoms with van der Waals surface area (Å²) in [7, 11) is 1.52. The van der Waals surface area contributed by atoms with E-state index >= 15 is 0 Å². The molecule has 1 amide bonds. The number of amides is 1. The van der Waals surface area contributed by atoms with Crippen LogP contribution in [0, 0.1) is 6.92 Å². The highest BCUT2D eigenvalue weighted by Crippen LogP contribution is 2.23. The Morgan fingerprint density at radius 3 is 2.58 bits per heavy atom. The predicted octanol–water partition coefficient (Wildman–Crippen LogP) is 0.895. The summed E-state index contributed by atoms with van der Waals surface area (Å²) < 4.78 is 16.0. The molecule has 2 heterocycles. The van der Waals surface area contributed by atoms with E-state index in [9.17, 15) is 4.79 Å².